The van der Waals surface area contributed by atoms with Crippen molar-refractivity contribution in [3.63, 3.8) is 0 Å². The number of carbonyl (C=O) groups excluding carboxylic acids is 1. The van der Waals surface area contributed by atoms with E-state index >= 15 is 0 Å². The number of nitrogens with one attached hydrogen (secondary N) is 1. The van der Waals surface area contributed by atoms with E-state index in [-0.39, 0.29) is 11.9 Å². The predicted molar refractivity (Wildman–Crippen MR) is 96.9 cm³/mol. The first-order chi connectivity index (χ1) is 12.3. The van der Waals surface area contributed by atoms with Crippen LogP contribution in [0, 0.1) is 5.92 Å². The Kier molecular flexibility index (Phi) is 4.74. The van der Waals surface area contributed by atoms with E-state index in [9.17, 15) is 4.79 Å². The predicted octanol–water partition coefficient (Wildman–Crippen LogP) is 2.29. The lowest BCUT2D eigenvalue weighted by Gasteiger charge is -2.44. The van der Waals surface area contributed by atoms with Crippen LogP contribution in [0.3, 0.4) is 0 Å². The van der Waals surface area contributed by atoms with E-state index in [4.69, 9.17) is 0 Å². The Morgan fingerprint density at radius 3 is 2.68 bits per heavy atom. The van der Waals surface area contributed by atoms with Crippen LogP contribution < -0.4 is 5.32 Å². The summed E-state index contributed by atoms with van der Waals surface area (Å²) in [6.07, 6.45) is 5.97. The number of rotatable bonds is 5. The van der Waals surface area contributed by atoms with E-state index in [1.165, 1.54) is 12.8 Å². The highest BCUT2D eigenvalue weighted by Gasteiger charge is 2.37. The van der Waals surface area contributed by atoms with Gasteiger partial charge in [0.2, 0.25) is 5.91 Å². The number of nitrogens with zero attached hydrogens (tertiary/aromatic N) is 3. The Bertz CT molecular complexity index is 725. The molecule has 0 spiro atoms. The fourth-order valence-corrected chi connectivity index (χ4v) is 3.94. The van der Waals surface area contributed by atoms with Crippen LogP contribution in [0.5, 0.6) is 0 Å². The van der Waals surface area contributed by atoms with E-state index in [0.717, 1.165) is 42.5 Å². The molecule has 3 aliphatic rings. The largest absolute Gasteiger partial charge is 0.354 e. The minimum atomic E-state index is 0.0732. The average Bonchev–Trinajstić information content (AvgIpc) is 2.70. The summed E-state index contributed by atoms with van der Waals surface area (Å²) in [6.45, 7) is 2.74. The molecule has 0 saturated carbocycles. The smallest absolute Gasteiger partial charge is 0.237 e. The number of amides is 1. The molecular formula is C20H24N4O. The van der Waals surface area contributed by atoms with Gasteiger partial charge >= 0.3 is 0 Å². The molecule has 2 bridgehead atoms. The lowest BCUT2D eigenvalue weighted by Crippen LogP contribution is -2.55. The van der Waals surface area contributed by atoms with Crippen molar-refractivity contribution < 1.29 is 4.79 Å². The average molecular weight is 336 g/mol. The van der Waals surface area contributed by atoms with E-state index in [1.807, 2.05) is 36.4 Å². The van der Waals surface area contributed by atoms with Gasteiger partial charge in [-0.3, -0.25) is 9.69 Å². The zero-order valence-corrected chi connectivity index (χ0v) is 14.4. The van der Waals surface area contributed by atoms with Crippen LogP contribution in [-0.4, -0.2) is 46.5 Å². The van der Waals surface area contributed by atoms with Crippen LogP contribution >= 0.6 is 0 Å². The molecule has 130 valence electrons. The summed E-state index contributed by atoms with van der Waals surface area (Å²) in [5, 5.41) is 3.08. The molecule has 5 heteroatoms. The summed E-state index contributed by atoms with van der Waals surface area (Å²) in [5.41, 5.74) is 2.01. The molecule has 3 aliphatic heterocycles. The highest BCUT2D eigenvalue weighted by molar-refractivity contribution is 5.82. The van der Waals surface area contributed by atoms with E-state index in [2.05, 4.69) is 20.2 Å². The van der Waals surface area contributed by atoms with E-state index in [1.54, 1.807) is 6.20 Å². The lowest BCUT2D eigenvalue weighted by atomic mass is 9.83. The summed E-state index contributed by atoms with van der Waals surface area (Å²) in [6, 6.07) is 12.1. The SMILES string of the molecule is O=C(NCCc1nccc(-c2ccccc2)n1)C1CC2CCN1CC2. The first kappa shape index (κ1) is 16.2. The zero-order valence-electron chi connectivity index (χ0n) is 14.4. The second-order valence-electron chi connectivity index (χ2n) is 7.00. The van der Waals surface area contributed by atoms with E-state index in [0.29, 0.717) is 13.0 Å². The Hall–Kier alpha value is -2.27. The Labute approximate surface area is 148 Å². The second kappa shape index (κ2) is 7.31. The highest BCUT2D eigenvalue weighted by atomic mass is 16.2. The van der Waals surface area contributed by atoms with Gasteiger partial charge in [0, 0.05) is 24.7 Å². The summed E-state index contributed by atoms with van der Waals surface area (Å²) in [7, 11) is 0. The van der Waals surface area contributed by atoms with Crippen LogP contribution in [0.1, 0.15) is 25.1 Å². The first-order valence-electron chi connectivity index (χ1n) is 9.19. The van der Waals surface area contributed by atoms with Gasteiger partial charge in [0.1, 0.15) is 5.82 Å². The molecule has 3 fully saturated rings. The van der Waals surface area contributed by atoms with E-state index < -0.39 is 0 Å². The van der Waals surface area contributed by atoms with Crippen LogP contribution in [0.2, 0.25) is 0 Å². The second-order valence-corrected chi connectivity index (χ2v) is 7.00. The highest BCUT2D eigenvalue weighted by Crippen LogP contribution is 2.31. The molecule has 1 amide bonds. The molecule has 1 unspecified atom stereocenters. The number of piperidine rings is 3. The number of benzene rings is 1. The summed E-state index contributed by atoms with van der Waals surface area (Å²) in [5.74, 6) is 1.68. The van der Waals surface area contributed by atoms with Crippen LogP contribution in [0.4, 0.5) is 0 Å². The Morgan fingerprint density at radius 2 is 1.96 bits per heavy atom. The molecule has 0 aliphatic carbocycles. The van der Waals surface area contributed by atoms with Gasteiger partial charge in [-0.25, -0.2) is 9.97 Å². The molecule has 1 N–H and O–H groups in total. The normalized spacial score (nSPS) is 24.9. The number of fused-ring (bicyclic) bond motifs is 3. The molecule has 2 aromatic rings. The van der Waals surface area contributed by atoms with Gasteiger partial charge in [0.25, 0.3) is 0 Å². The van der Waals surface area contributed by atoms with Gasteiger partial charge in [0.05, 0.1) is 11.7 Å². The van der Waals surface area contributed by atoms with Crippen molar-refractivity contribution in [2.45, 2.75) is 31.7 Å². The monoisotopic (exact) mass is 336 g/mol. The van der Waals surface area contributed by atoms with Gasteiger partial charge in [0.15, 0.2) is 0 Å². The molecule has 0 radical (unpaired) electrons. The third kappa shape index (κ3) is 3.71. The third-order valence-electron chi connectivity index (χ3n) is 5.37. The van der Waals surface area contributed by atoms with Crippen molar-refractivity contribution in [1.82, 2.24) is 20.2 Å². The quantitative estimate of drug-likeness (QED) is 0.910. The minimum absolute atomic E-state index is 0.0732. The van der Waals surface area contributed by atoms with Gasteiger partial charge in [-0.05, 0) is 44.3 Å². The summed E-state index contributed by atoms with van der Waals surface area (Å²) < 4.78 is 0. The molecule has 4 heterocycles. The molecule has 1 aromatic heterocycles. The van der Waals surface area contributed by atoms with Crippen molar-refractivity contribution in [3.8, 4) is 11.3 Å². The Balaban J connectivity index is 1.32. The molecule has 5 nitrogen and oxygen atoms in total. The topological polar surface area (TPSA) is 58.1 Å². The van der Waals surface area contributed by atoms with Crippen LogP contribution in [0.15, 0.2) is 42.6 Å². The van der Waals surface area contributed by atoms with Crippen molar-refractivity contribution in [2.24, 2.45) is 5.92 Å². The maximum Gasteiger partial charge on any atom is 0.237 e. The molecule has 1 atom stereocenters. The maximum atomic E-state index is 12.5. The number of hydrogen-bond acceptors (Lipinski definition) is 4. The standard InChI is InChI=1S/C20H24N4O/c25-20(18-14-15-8-12-24(18)13-9-15)22-11-7-19-21-10-6-17(23-19)16-4-2-1-3-5-16/h1-6,10,15,18H,7-9,11-14H2,(H,22,25). The molecular weight excluding hydrogens is 312 g/mol. The maximum absolute atomic E-state index is 12.5. The van der Waals surface area contributed by atoms with Gasteiger partial charge in [-0.2, -0.15) is 0 Å². The van der Waals surface area contributed by atoms with Crippen LogP contribution in [0.25, 0.3) is 11.3 Å². The van der Waals surface area contributed by atoms with Gasteiger partial charge in [-0.1, -0.05) is 30.3 Å². The summed E-state index contributed by atoms with van der Waals surface area (Å²) >= 11 is 0. The lowest BCUT2D eigenvalue weighted by molar-refractivity contribution is -0.130. The Morgan fingerprint density at radius 1 is 1.16 bits per heavy atom. The molecule has 3 saturated heterocycles. The van der Waals surface area contributed by atoms with Crippen molar-refractivity contribution in [2.75, 3.05) is 19.6 Å². The third-order valence-corrected chi connectivity index (χ3v) is 5.37. The minimum Gasteiger partial charge on any atom is -0.354 e. The number of aromatic nitrogens is 2. The zero-order chi connectivity index (χ0) is 17.1. The summed E-state index contributed by atoms with van der Waals surface area (Å²) in [4.78, 5) is 23.8. The number of carbonyl (C=O) groups is 1. The molecule has 25 heavy (non-hydrogen) atoms. The van der Waals surface area contributed by atoms with Gasteiger partial charge < -0.3 is 5.32 Å². The molecule has 5 rings (SSSR count). The van der Waals surface area contributed by atoms with Crippen molar-refractivity contribution in [3.05, 3.63) is 48.4 Å². The van der Waals surface area contributed by atoms with Crippen LogP contribution in [-0.2, 0) is 11.2 Å². The van der Waals surface area contributed by atoms with Gasteiger partial charge in [-0.15, -0.1) is 0 Å². The molecule has 1 aromatic carbocycles. The number of hydrogen-bond donors (Lipinski definition) is 1. The first-order valence-corrected chi connectivity index (χ1v) is 9.19. The fraction of sp³-hybridized carbons (Fsp3) is 0.450. The fourth-order valence-electron chi connectivity index (χ4n) is 3.94. The van der Waals surface area contributed by atoms with Crippen molar-refractivity contribution in [1.29, 1.82) is 0 Å². The van der Waals surface area contributed by atoms with Crippen molar-refractivity contribution >= 4 is 5.91 Å².